The van der Waals surface area contributed by atoms with Crippen molar-refractivity contribution in [3.63, 3.8) is 0 Å². The van der Waals surface area contributed by atoms with Gasteiger partial charge in [-0.15, -0.1) is 0 Å². The Labute approximate surface area is 200 Å². The molecule has 1 aromatic carbocycles. The molecule has 0 saturated heterocycles. The number of amidine groups is 1. The van der Waals surface area contributed by atoms with E-state index in [-0.39, 0.29) is 10.7 Å². The van der Waals surface area contributed by atoms with Crippen LogP contribution in [0, 0.1) is 16.0 Å². The smallest absolute Gasteiger partial charge is 0.271 e. The van der Waals surface area contributed by atoms with Crippen LogP contribution in [0.15, 0.2) is 82.7 Å². The molecule has 0 aromatic heterocycles. The van der Waals surface area contributed by atoms with Crippen LogP contribution in [0.25, 0.3) is 0 Å². The maximum atomic E-state index is 10.9. The lowest BCUT2D eigenvalue weighted by Gasteiger charge is -2.20. The second-order valence-electron chi connectivity index (χ2n) is 7.73. The molecule has 176 valence electrons. The first-order chi connectivity index (χ1) is 15.8. The van der Waals surface area contributed by atoms with Gasteiger partial charge in [-0.25, -0.2) is 4.99 Å². The van der Waals surface area contributed by atoms with E-state index in [1.807, 2.05) is 6.08 Å². The molecule has 1 aliphatic heterocycles. The topological polar surface area (TPSA) is 106 Å². The number of nitrogens with two attached hydrogens (primary N) is 1. The highest BCUT2D eigenvalue weighted by Gasteiger charge is 2.16. The lowest BCUT2D eigenvalue weighted by Crippen LogP contribution is -2.33. The van der Waals surface area contributed by atoms with Gasteiger partial charge in [0.1, 0.15) is 5.84 Å². The van der Waals surface area contributed by atoms with Gasteiger partial charge in [0.2, 0.25) is 0 Å². The maximum absolute atomic E-state index is 10.9. The lowest BCUT2D eigenvalue weighted by molar-refractivity contribution is -0.384. The summed E-state index contributed by atoms with van der Waals surface area (Å²) < 4.78 is 0. The third kappa shape index (κ3) is 7.36. The fraction of sp³-hybridized carbons (Fsp3) is 0.320. The van der Waals surface area contributed by atoms with E-state index in [0.29, 0.717) is 23.1 Å². The highest BCUT2D eigenvalue weighted by atomic mass is 35.5. The Morgan fingerprint density at radius 3 is 2.76 bits per heavy atom. The maximum Gasteiger partial charge on any atom is 0.271 e. The minimum absolute atomic E-state index is 0.0761. The number of hydrogen-bond acceptors (Lipinski definition) is 6. The molecule has 1 aromatic rings. The number of nitrogens with one attached hydrogen (secondary N) is 2. The van der Waals surface area contributed by atoms with E-state index >= 15 is 0 Å². The lowest BCUT2D eigenvalue weighted by atomic mass is 10.00. The molecule has 1 atom stereocenters. The Kier molecular flexibility index (Phi) is 9.94. The highest BCUT2D eigenvalue weighted by molar-refractivity contribution is 6.33. The molecule has 0 bridgehead atoms. The molecule has 1 heterocycles. The second kappa shape index (κ2) is 12.6. The van der Waals surface area contributed by atoms with Crippen LogP contribution >= 0.6 is 11.6 Å². The summed E-state index contributed by atoms with van der Waals surface area (Å²) in [4.78, 5) is 15.2. The number of nitro groups is 1. The van der Waals surface area contributed by atoms with Gasteiger partial charge in [0.25, 0.3) is 5.69 Å². The summed E-state index contributed by atoms with van der Waals surface area (Å²) in [7, 11) is 0. The highest BCUT2D eigenvalue weighted by Crippen LogP contribution is 2.27. The van der Waals surface area contributed by atoms with Crippen LogP contribution < -0.4 is 16.6 Å². The number of aliphatic imine (C=N–C) groups is 1. The molecule has 0 aliphatic carbocycles. The van der Waals surface area contributed by atoms with Gasteiger partial charge in [0, 0.05) is 12.1 Å². The quantitative estimate of drug-likeness (QED) is 0.204. The summed E-state index contributed by atoms with van der Waals surface area (Å²) in [5.74, 6) is 0.795. The van der Waals surface area contributed by atoms with Crippen molar-refractivity contribution >= 4 is 28.8 Å². The van der Waals surface area contributed by atoms with Gasteiger partial charge in [-0.3, -0.25) is 21.0 Å². The van der Waals surface area contributed by atoms with Crippen LogP contribution in [0.4, 0.5) is 11.4 Å². The summed E-state index contributed by atoms with van der Waals surface area (Å²) in [6.45, 7) is 10.2. The molecule has 4 N–H and O–H groups in total. The van der Waals surface area contributed by atoms with E-state index in [1.54, 1.807) is 12.1 Å². The zero-order chi connectivity index (χ0) is 24.4. The van der Waals surface area contributed by atoms with Crippen LogP contribution in [-0.2, 0) is 0 Å². The predicted octanol–water partition coefficient (Wildman–Crippen LogP) is 6.58. The minimum Gasteiger partial charge on any atom is -0.382 e. The Morgan fingerprint density at radius 1 is 1.39 bits per heavy atom. The molecular weight excluding hydrogens is 438 g/mol. The van der Waals surface area contributed by atoms with Crippen molar-refractivity contribution in [2.24, 2.45) is 16.6 Å². The molecule has 0 radical (unpaired) electrons. The van der Waals surface area contributed by atoms with E-state index in [9.17, 15) is 10.1 Å². The SMILES string of the molecule is C=C/C=C(\C=C/C(C)CC)C1=CCC/C(CC)=C(/NNc2ccc([N+](=O)[O-])cc2Cl)C(N)=N1. The van der Waals surface area contributed by atoms with Gasteiger partial charge in [-0.1, -0.05) is 75.8 Å². The number of benzene rings is 1. The van der Waals surface area contributed by atoms with Crippen LogP contribution in [-0.4, -0.2) is 10.8 Å². The Hall–Kier alpha value is -3.32. The van der Waals surface area contributed by atoms with Gasteiger partial charge >= 0.3 is 0 Å². The van der Waals surface area contributed by atoms with E-state index in [2.05, 4.69) is 56.4 Å². The molecule has 1 unspecified atom stereocenters. The monoisotopic (exact) mass is 469 g/mol. The molecule has 1 aliphatic rings. The van der Waals surface area contributed by atoms with Crippen LogP contribution in [0.3, 0.4) is 0 Å². The first-order valence-electron chi connectivity index (χ1n) is 11.0. The van der Waals surface area contributed by atoms with Gasteiger partial charge in [0.15, 0.2) is 0 Å². The van der Waals surface area contributed by atoms with Crippen molar-refractivity contribution < 1.29 is 4.92 Å². The van der Waals surface area contributed by atoms with Crippen molar-refractivity contribution in [1.29, 1.82) is 0 Å². The predicted molar refractivity (Wildman–Crippen MR) is 138 cm³/mol. The third-order valence-electron chi connectivity index (χ3n) is 5.39. The number of rotatable bonds is 10. The fourth-order valence-electron chi connectivity index (χ4n) is 3.22. The van der Waals surface area contributed by atoms with Crippen molar-refractivity contribution in [2.75, 3.05) is 5.43 Å². The number of hydrazine groups is 1. The Balaban J connectivity index is 2.33. The summed E-state index contributed by atoms with van der Waals surface area (Å²) >= 11 is 6.21. The molecular formula is C25H32ClN5O2. The van der Waals surface area contributed by atoms with Crippen molar-refractivity contribution in [3.05, 3.63) is 92.8 Å². The molecule has 8 heteroatoms. The second-order valence-corrected chi connectivity index (χ2v) is 8.14. The largest absolute Gasteiger partial charge is 0.382 e. The first kappa shape index (κ1) is 25.9. The molecule has 7 nitrogen and oxygen atoms in total. The number of allylic oxidation sites excluding steroid dienone is 6. The van der Waals surface area contributed by atoms with Gasteiger partial charge in [-0.2, -0.15) is 0 Å². The average Bonchev–Trinajstić information content (AvgIpc) is 2.79. The molecule has 33 heavy (non-hydrogen) atoms. The van der Waals surface area contributed by atoms with Crippen molar-refractivity contribution in [3.8, 4) is 0 Å². The fourth-order valence-corrected chi connectivity index (χ4v) is 3.44. The molecule has 0 spiro atoms. The third-order valence-corrected chi connectivity index (χ3v) is 5.70. The van der Waals surface area contributed by atoms with E-state index in [4.69, 9.17) is 22.3 Å². The van der Waals surface area contributed by atoms with Crippen LogP contribution in [0.2, 0.25) is 5.02 Å². The van der Waals surface area contributed by atoms with Crippen LogP contribution in [0.5, 0.6) is 0 Å². The normalized spacial score (nSPS) is 18.1. The zero-order valence-electron chi connectivity index (χ0n) is 19.4. The minimum atomic E-state index is -0.488. The molecule has 0 amide bonds. The summed E-state index contributed by atoms with van der Waals surface area (Å²) in [6.07, 6.45) is 13.4. The van der Waals surface area contributed by atoms with E-state index in [0.717, 1.165) is 42.5 Å². The van der Waals surface area contributed by atoms with Crippen molar-refractivity contribution in [1.82, 2.24) is 5.43 Å². The number of nitro benzene ring substituents is 1. The van der Waals surface area contributed by atoms with Crippen molar-refractivity contribution in [2.45, 2.75) is 46.5 Å². The number of non-ortho nitro benzene ring substituents is 1. The average molecular weight is 470 g/mol. The Bertz CT molecular complexity index is 1040. The Morgan fingerprint density at radius 2 is 2.15 bits per heavy atom. The number of anilines is 1. The zero-order valence-corrected chi connectivity index (χ0v) is 20.2. The molecule has 2 rings (SSSR count). The van der Waals surface area contributed by atoms with Crippen LogP contribution in [0.1, 0.15) is 46.5 Å². The van der Waals surface area contributed by atoms with E-state index < -0.39 is 4.92 Å². The summed E-state index contributed by atoms with van der Waals surface area (Å²) in [5, 5.41) is 11.2. The number of halogens is 1. The summed E-state index contributed by atoms with van der Waals surface area (Å²) in [5.41, 5.74) is 16.5. The van der Waals surface area contributed by atoms with Gasteiger partial charge in [-0.05, 0) is 42.4 Å². The standard InChI is InChI=1S/C25H32ClN5O2/c1-5-9-19(13-12-17(4)6-2)22-11-8-10-18(7-3)24(25(27)28-22)30-29-23-15-14-20(31(32)33)16-21(23)26/h5,9,11-17,29-30H,1,6-8,10H2,2-4H3,(H2,27,28)/b13-12-,19-9+,22-11?,24-18+. The van der Waals surface area contributed by atoms with E-state index in [1.165, 1.54) is 12.1 Å². The first-order valence-corrected chi connectivity index (χ1v) is 11.4. The number of nitrogens with zero attached hydrogens (tertiary/aromatic N) is 2. The van der Waals surface area contributed by atoms with Gasteiger partial charge in [0.05, 0.1) is 27.0 Å². The number of hydrogen-bond donors (Lipinski definition) is 3. The summed E-state index contributed by atoms with van der Waals surface area (Å²) in [6, 6.07) is 4.23. The molecule has 0 saturated carbocycles. The van der Waals surface area contributed by atoms with Gasteiger partial charge < -0.3 is 5.73 Å². The molecule has 0 fully saturated rings.